The van der Waals surface area contributed by atoms with Crippen LogP contribution in [0.15, 0.2) is 46.9 Å². The zero-order chi connectivity index (χ0) is 20.5. The van der Waals surface area contributed by atoms with Gasteiger partial charge in [-0.05, 0) is 49.0 Å². The van der Waals surface area contributed by atoms with Crippen molar-refractivity contribution < 1.29 is 19.1 Å². The Morgan fingerprint density at radius 3 is 2.43 bits per heavy atom. The third-order valence-corrected chi connectivity index (χ3v) is 4.27. The number of nitrogens with one attached hydrogen (secondary N) is 3. The van der Waals surface area contributed by atoms with Crippen LogP contribution in [0.3, 0.4) is 0 Å². The Morgan fingerprint density at radius 1 is 1.04 bits per heavy atom. The van der Waals surface area contributed by atoms with E-state index in [-0.39, 0.29) is 18.3 Å². The molecule has 2 amide bonds. The van der Waals surface area contributed by atoms with Crippen molar-refractivity contribution in [2.24, 2.45) is 0 Å². The molecule has 0 saturated carbocycles. The number of rotatable bonds is 6. The molecule has 148 valence electrons. The minimum Gasteiger partial charge on any atom is -0.483 e. The van der Waals surface area contributed by atoms with Crippen LogP contribution in [0.25, 0.3) is 0 Å². The lowest BCUT2D eigenvalue weighted by Gasteiger charge is -2.12. The fourth-order valence-electron chi connectivity index (χ4n) is 1.95. The standard InChI is InChI=1S/C18H17BrClN3O4S/c1-11-4-2-3-5-14(11)26-10-17(25)22-23-18(28)21-16(24)9-27-15-7-6-12(19)8-13(15)20/h2-8H,9-10H2,1H3,(H,22,25)(H2,21,23,24,28). The van der Waals surface area contributed by atoms with Crippen LogP contribution in [-0.2, 0) is 9.59 Å². The van der Waals surface area contributed by atoms with E-state index in [9.17, 15) is 9.59 Å². The highest BCUT2D eigenvalue weighted by atomic mass is 79.9. The number of carbonyl (C=O) groups excluding carboxylic acids is 2. The minimum absolute atomic E-state index is 0.0836. The number of hydrogen-bond donors (Lipinski definition) is 3. The Morgan fingerprint density at radius 2 is 1.71 bits per heavy atom. The zero-order valence-electron chi connectivity index (χ0n) is 14.8. The number of para-hydroxylation sites is 1. The third-order valence-electron chi connectivity index (χ3n) is 3.27. The number of halogens is 2. The molecule has 0 aromatic heterocycles. The van der Waals surface area contributed by atoms with Gasteiger partial charge in [0, 0.05) is 4.47 Å². The first-order chi connectivity index (χ1) is 13.3. The topological polar surface area (TPSA) is 88.7 Å². The second-order valence-electron chi connectivity index (χ2n) is 5.47. The average Bonchev–Trinajstić information content (AvgIpc) is 2.65. The zero-order valence-corrected chi connectivity index (χ0v) is 17.9. The van der Waals surface area contributed by atoms with Gasteiger partial charge in [-0.2, -0.15) is 0 Å². The van der Waals surface area contributed by atoms with Crippen molar-refractivity contribution in [3.63, 3.8) is 0 Å². The molecule has 0 saturated heterocycles. The van der Waals surface area contributed by atoms with Crippen molar-refractivity contribution in [1.29, 1.82) is 0 Å². The minimum atomic E-state index is -0.512. The van der Waals surface area contributed by atoms with E-state index in [1.807, 2.05) is 25.1 Å². The normalized spacial score (nSPS) is 9.96. The summed E-state index contributed by atoms with van der Waals surface area (Å²) >= 11 is 14.2. The van der Waals surface area contributed by atoms with Crippen molar-refractivity contribution in [2.75, 3.05) is 13.2 Å². The fourth-order valence-corrected chi connectivity index (χ4v) is 2.85. The predicted molar refractivity (Wildman–Crippen MR) is 113 cm³/mol. The molecule has 0 aliphatic heterocycles. The van der Waals surface area contributed by atoms with Crippen LogP contribution in [0.4, 0.5) is 0 Å². The van der Waals surface area contributed by atoms with E-state index in [1.165, 1.54) is 0 Å². The Labute approximate surface area is 180 Å². The fraction of sp³-hybridized carbons (Fsp3) is 0.167. The quantitative estimate of drug-likeness (QED) is 0.430. The lowest BCUT2D eigenvalue weighted by molar-refractivity contribution is -0.124. The van der Waals surface area contributed by atoms with E-state index >= 15 is 0 Å². The van der Waals surface area contributed by atoms with Gasteiger partial charge < -0.3 is 9.47 Å². The van der Waals surface area contributed by atoms with Crippen LogP contribution in [0, 0.1) is 6.92 Å². The Kier molecular flexibility index (Phi) is 8.49. The van der Waals surface area contributed by atoms with E-state index in [4.69, 9.17) is 33.3 Å². The second kappa shape index (κ2) is 10.8. The molecule has 2 aromatic carbocycles. The summed E-state index contributed by atoms with van der Waals surface area (Å²) in [7, 11) is 0. The number of hydrogen-bond acceptors (Lipinski definition) is 5. The monoisotopic (exact) mass is 485 g/mol. The van der Waals surface area contributed by atoms with Crippen LogP contribution in [0.2, 0.25) is 5.02 Å². The second-order valence-corrected chi connectivity index (χ2v) is 7.20. The number of thiocarbonyl (C=S) groups is 1. The highest BCUT2D eigenvalue weighted by Crippen LogP contribution is 2.27. The Balaban J connectivity index is 1.67. The molecule has 0 radical (unpaired) electrons. The summed E-state index contributed by atoms with van der Waals surface area (Å²) in [5, 5.41) is 2.65. The van der Waals surface area contributed by atoms with Gasteiger partial charge in [0.1, 0.15) is 11.5 Å². The van der Waals surface area contributed by atoms with Crippen LogP contribution in [-0.4, -0.2) is 30.1 Å². The van der Waals surface area contributed by atoms with Crippen LogP contribution < -0.4 is 25.6 Å². The van der Waals surface area contributed by atoms with E-state index < -0.39 is 11.8 Å². The highest BCUT2D eigenvalue weighted by molar-refractivity contribution is 9.10. The van der Waals surface area contributed by atoms with Gasteiger partial charge in [-0.1, -0.05) is 45.7 Å². The highest BCUT2D eigenvalue weighted by Gasteiger charge is 2.09. The summed E-state index contributed by atoms with van der Waals surface area (Å²) in [5.41, 5.74) is 5.66. The van der Waals surface area contributed by atoms with Crippen molar-refractivity contribution in [3.8, 4) is 11.5 Å². The number of benzene rings is 2. The summed E-state index contributed by atoms with van der Waals surface area (Å²) in [4.78, 5) is 23.6. The molecule has 0 aliphatic rings. The van der Waals surface area contributed by atoms with Gasteiger partial charge in [-0.25, -0.2) is 0 Å². The van der Waals surface area contributed by atoms with E-state index in [2.05, 4.69) is 32.1 Å². The van der Waals surface area contributed by atoms with Crippen LogP contribution in [0.5, 0.6) is 11.5 Å². The summed E-state index contributed by atoms with van der Waals surface area (Å²) in [6, 6.07) is 12.3. The molecule has 0 fully saturated rings. The number of ether oxygens (including phenoxy) is 2. The first-order valence-corrected chi connectivity index (χ1v) is 9.58. The van der Waals surface area contributed by atoms with Gasteiger partial charge in [0.05, 0.1) is 5.02 Å². The molecule has 10 heteroatoms. The van der Waals surface area contributed by atoms with Gasteiger partial charge in [-0.3, -0.25) is 25.8 Å². The predicted octanol–water partition coefficient (Wildman–Crippen LogP) is 2.89. The van der Waals surface area contributed by atoms with Crippen molar-refractivity contribution in [1.82, 2.24) is 16.2 Å². The lowest BCUT2D eigenvalue weighted by atomic mass is 10.2. The maximum Gasteiger partial charge on any atom is 0.276 e. The van der Waals surface area contributed by atoms with Gasteiger partial charge >= 0.3 is 0 Å². The molecule has 0 heterocycles. The molecule has 0 aliphatic carbocycles. The maximum absolute atomic E-state index is 11.8. The van der Waals surface area contributed by atoms with Gasteiger partial charge in [0.15, 0.2) is 18.3 Å². The molecular formula is C18H17BrClN3O4S. The van der Waals surface area contributed by atoms with E-state index in [1.54, 1.807) is 24.3 Å². The molecule has 7 nitrogen and oxygen atoms in total. The Bertz CT molecular complexity index is 882. The van der Waals surface area contributed by atoms with Crippen LogP contribution >= 0.6 is 39.7 Å². The molecule has 0 bridgehead atoms. The average molecular weight is 487 g/mol. The molecule has 28 heavy (non-hydrogen) atoms. The van der Waals surface area contributed by atoms with Gasteiger partial charge in [0.25, 0.3) is 11.8 Å². The molecule has 0 atom stereocenters. The number of carbonyl (C=O) groups is 2. The van der Waals surface area contributed by atoms with Crippen molar-refractivity contribution >= 4 is 56.7 Å². The number of aryl methyl sites for hydroxylation is 1. The molecule has 0 unspecified atom stereocenters. The SMILES string of the molecule is Cc1ccccc1OCC(=O)NNC(=S)NC(=O)COc1ccc(Br)cc1Cl. The van der Waals surface area contributed by atoms with Gasteiger partial charge in [0.2, 0.25) is 0 Å². The van der Waals surface area contributed by atoms with Crippen molar-refractivity contribution in [3.05, 3.63) is 57.5 Å². The molecule has 0 spiro atoms. The summed E-state index contributed by atoms with van der Waals surface area (Å²) < 4.78 is 11.5. The molecular weight excluding hydrogens is 470 g/mol. The van der Waals surface area contributed by atoms with E-state index in [0.717, 1.165) is 10.0 Å². The third kappa shape index (κ3) is 7.34. The lowest BCUT2D eigenvalue weighted by Crippen LogP contribution is -2.50. The summed E-state index contributed by atoms with van der Waals surface area (Å²) in [6.45, 7) is 1.37. The summed E-state index contributed by atoms with van der Waals surface area (Å²) in [6.07, 6.45) is 0. The molecule has 3 N–H and O–H groups in total. The number of amides is 2. The van der Waals surface area contributed by atoms with Gasteiger partial charge in [-0.15, -0.1) is 0 Å². The molecule has 2 aromatic rings. The summed E-state index contributed by atoms with van der Waals surface area (Å²) in [5.74, 6) is -0.00234. The first-order valence-electron chi connectivity index (χ1n) is 8.00. The smallest absolute Gasteiger partial charge is 0.276 e. The van der Waals surface area contributed by atoms with Crippen LogP contribution in [0.1, 0.15) is 5.56 Å². The van der Waals surface area contributed by atoms with E-state index in [0.29, 0.717) is 16.5 Å². The number of hydrazine groups is 1. The maximum atomic E-state index is 11.8. The largest absolute Gasteiger partial charge is 0.483 e. The Hall–Kier alpha value is -2.36. The van der Waals surface area contributed by atoms with Crippen molar-refractivity contribution in [2.45, 2.75) is 6.92 Å². The molecule has 2 rings (SSSR count). The first kappa shape index (κ1) is 21.9.